The van der Waals surface area contributed by atoms with Crippen LogP contribution in [0.3, 0.4) is 0 Å². The third kappa shape index (κ3) is 4.13. The Balaban J connectivity index is 1.32. The van der Waals surface area contributed by atoms with E-state index in [1.807, 2.05) is 12.4 Å². The molecule has 0 bridgehead atoms. The topological polar surface area (TPSA) is 31.2 Å². The van der Waals surface area contributed by atoms with Crippen LogP contribution in [0.15, 0.2) is 58.7 Å². The van der Waals surface area contributed by atoms with E-state index in [0.29, 0.717) is 0 Å². The molecular weight excluding hydrogens is 320 g/mol. The van der Waals surface area contributed by atoms with E-state index in [9.17, 15) is 0 Å². The van der Waals surface area contributed by atoms with Crippen LogP contribution in [0.1, 0.15) is 36.8 Å². The van der Waals surface area contributed by atoms with Crippen molar-refractivity contribution in [3.63, 3.8) is 0 Å². The second kappa shape index (κ2) is 8.17. The first-order valence-corrected chi connectivity index (χ1v) is 9.65. The molecule has 2 aromatic rings. The third-order valence-corrected chi connectivity index (χ3v) is 5.21. The Labute approximate surface area is 155 Å². The first-order chi connectivity index (χ1) is 12.9. The molecule has 0 amide bonds. The maximum atomic E-state index is 4.18. The zero-order chi connectivity index (χ0) is 17.6. The van der Waals surface area contributed by atoms with Crippen molar-refractivity contribution in [2.24, 2.45) is 10.2 Å². The molecule has 0 unspecified atom stereocenters. The second-order valence-corrected chi connectivity index (χ2v) is 7.06. The van der Waals surface area contributed by atoms with Gasteiger partial charge in [-0.3, -0.25) is 0 Å². The van der Waals surface area contributed by atoms with Crippen molar-refractivity contribution in [3.8, 4) is 0 Å². The van der Waals surface area contributed by atoms with E-state index >= 15 is 0 Å². The van der Waals surface area contributed by atoms with Crippen LogP contribution in [0, 0.1) is 0 Å². The van der Waals surface area contributed by atoms with Crippen LogP contribution < -0.4 is 9.80 Å². The van der Waals surface area contributed by atoms with E-state index in [2.05, 4.69) is 68.5 Å². The van der Waals surface area contributed by atoms with Crippen molar-refractivity contribution in [2.75, 3.05) is 36.0 Å². The maximum Gasteiger partial charge on any atom is 0.0568 e. The molecule has 0 atom stereocenters. The SMILES string of the molecule is C(=N\N=C\c1ccc(N2CCCC2)cc1)/c1ccc(N2CCCC2)cc1. The largest absolute Gasteiger partial charge is 0.372 e. The average molecular weight is 346 g/mol. The molecule has 0 N–H and O–H groups in total. The van der Waals surface area contributed by atoms with Crippen molar-refractivity contribution < 1.29 is 0 Å². The van der Waals surface area contributed by atoms with E-state index < -0.39 is 0 Å². The zero-order valence-corrected chi connectivity index (χ0v) is 15.2. The molecule has 2 aliphatic heterocycles. The van der Waals surface area contributed by atoms with E-state index in [1.54, 1.807) is 0 Å². The van der Waals surface area contributed by atoms with Gasteiger partial charge in [-0.15, -0.1) is 0 Å². The summed E-state index contributed by atoms with van der Waals surface area (Å²) in [5, 5.41) is 8.37. The molecule has 2 aliphatic rings. The summed E-state index contributed by atoms with van der Waals surface area (Å²) in [5.41, 5.74) is 4.77. The predicted molar refractivity (Wildman–Crippen MR) is 111 cm³/mol. The lowest BCUT2D eigenvalue weighted by molar-refractivity contribution is 0.949. The first-order valence-electron chi connectivity index (χ1n) is 9.65. The molecule has 2 fully saturated rings. The van der Waals surface area contributed by atoms with Crippen molar-refractivity contribution in [1.82, 2.24) is 0 Å². The minimum Gasteiger partial charge on any atom is -0.372 e. The Hall–Kier alpha value is -2.62. The highest BCUT2D eigenvalue weighted by Gasteiger charge is 2.12. The lowest BCUT2D eigenvalue weighted by Gasteiger charge is -2.17. The van der Waals surface area contributed by atoms with Crippen LogP contribution in [0.5, 0.6) is 0 Å². The molecule has 4 rings (SSSR count). The molecule has 0 aromatic heterocycles. The fraction of sp³-hybridized carbons (Fsp3) is 0.364. The Bertz CT molecular complexity index is 682. The van der Waals surface area contributed by atoms with Gasteiger partial charge < -0.3 is 9.80 Å². The zero-order valence-electron chi connectivity index (χ0n) is 15.2. The lowest BCUT2D eigenvalue weighted by atomic mass is 10.2. The number of hydrogen-bond donors (Lipinski definition) is 0. The normalized spacial score (nSPS) is 17.8. The van der Waals surface area contributed by atoms with Crippen molar-refractivity contribution in [3.05, 3.63) is 59.7 Å². The van der Waals surface area contributed by atoms with Gasteiger partial charge in [-0.25, -0.2) is 0 Å². The number of nitrogens with zero attached hydrogens (tertiary/aromatic N) is 4. The van der Waals surface area contributed by atoms with Gasteiger partial charge in [0.25, 0.3) is 0 Å². The van der Waals surface area contributed by atoms with Gasteiger partial charge in [-0.05, 0) is 61.1 Å². The minimum atomic E-state index is 1.08. The fourth-order valence-corrected chi connectivity index (χ4v) is 3.69. The smallest absolute Gasteiger partial charge is 0.0568 e. The Morgan fingerprint density at radius 3 is 1.23 bits per heavy atom. The number of benzene rings is 2. The number of anilines is 2. The highest BCUT2D eigenvalue weighted by atomic mass is 15.2. The second-order valence-electron chi connectivity index (χ2n) is 7.06. The summed E-state index contributed by atoms with van der Waals surface area (Å²) in [6.45, 7) is 4.70. The molecule has 0 spiro atoms. The molecule has 2 heterocycles. The standard InChI is InChI=1S/C22H26N4/c1-2-14-25(13-1)21-9-5-19(6-10-21)17-23-24-18-20-7-11-22(12-8-20)26-15-3-4-16-26/h5-12,17-18H,1-4,13-16H2/b23-17+,24-18+. The Morgan fingerprint density at radius 2 is 0.885 bits per heavy atom. The summed E-state index contributed by atoms with van der Waals surface area (Å²) in [4.78, 5) is 4.87. The van der Waals surface area contributed by atoms with Gasteiger partial charge in [0.1, 0.15) is 0 Å². The van der Waals surface area contributed by atoms with Crippen molar-refractivity contribution in [1.29, 1.82) is 0 Å². The Morgan fingerprint density at radius 1 is 0.538 bits per heavy atom. The number of rotatable bonds is 5. The molecule has 2 aromatic carbocycles. The molecule has 0 aliphatic carbocycles. The van der Waals surface area contributed by atoms with E-state index in [-0.39, 0.29) is 0 Å². The Kier molecular flexibility index (Phi) is 5.29. The maximum absolute atomic E-state index is 4.18. The monoisotopic (exact) mass is 346 g/mol. The summed E-state index contributed by atoms with van der Waals surface area (Å²) in [7, 11) is 0. The minimum absolute atomic E-state index is 1.08. The third-order valence-electron chi connectivity index (χ3n) is 5.21. The molecule has 134 valence electrons. The van der Waals surface area contributed by atoms with Gasteiger partial charge in [-0.1, -0.05) is 24.3 Å². The summed E-state index contributed by atoms with van der Waals surface area (Å²) < 4.78 is 0. The molecule has 4 nitrogen and oxygen atoms in total. The summed E-state index contributed by atoms with van der Waals surface area (Å²) in [6, 6.07) is 17.1. The first kappa shape index (κ1) is 16.8. The summed E-state index contributed by atoms with van der Waals surface area (Å²) >= 11 is 0. The number of hydrogen-bond acceptors (Lipinski definition) is 4. The van der Waals surface area contributed by atoms with Crippen LogP contribution in [0.25, 0.3) is 0 Å². The summed E-state index contributed by atoms with van der Waals surface area (Å²) in [5.74, 6) is 0. The van der Waals surface area contributed by atoms with Crippen LogP contribution in [-0.2, 0) is 0 Å². The van der Waals surface area contributed by atoms with Crippen molar-refractivity contribution >= 4 is 23.8 Å². The highest BCUT2D eigenvalue weighted by molar-refractivity contribution is 5.83. The van der Waals surface area contributed by atoms with E-state index in [1.165, 1.54) is 63.2 Å². The molecule has 0 saturated carbocycles. The van der Waals surface area contributed by atoms with Gasteiger partial charge >= 0.3 is 0 Å². The average Bonchev–Trinajstić information content (AvgIpc) is 3.40. The molecule has 26 heavy (non-hydrogen) atoms. The van der Waals surface area contributed by atoms with Gasteiger partial charge in [-0.2, -0.15) is 10.2 Å². The molecule has 4 heteroatoms. The van der Waals surface area contributed by atoms with Crippen LogP contribution >= 0.6 is 0 Å². The van der Waals surface area contributed by atoms with Crippen LogP contribution in [-0.4, -0.2) is 38.6 Å². The lowest BCUT2D eigenvalue weighted by Crippen LogP contribution is -2.17. The molecule has 0 radical (unpaired) electrons. The van der Waals surface area contributed by atoms with Crippen LogP contribution in [0.4, 0.5) is 11.4 Å². The van der Waals surface area contributed by atoms with Crippen LogP contribution in [0.2, 0.25) is 0 Å². The van der Waals surface area contributed by atoms with E-state index in [0.717, 1.165) is 11.1 Å². The molecular formula is C22H26N4. The van der Waals surface area contributed by atoms with Crippen molar-refractivity contribution in [2.45, 2.75) is 25.7 Å². The summed E-state index contributed by atoms with van der Waals surface area (Å²) in [6.07, 6.45) is 8.83. The predicted octanol–water partition coefficient (Wildman–Crippen LogP) is 4.34. The quantitative estimate of drug-likeness (QED) is 0.596. The molecule has 2 saturated heterocycles. The van der Waals surface area contributed by atoms with E-state index in [4.69, 9.17) is 0 Å². The highest BCUT2D eigenvalue weighted by Crippen LogP contribution is 2.21. The fourth-order valence-electron chi connectivity index (χ4n) is 3.69. The van der Waals surface area contributed by atoms with Gasteiger partial charge in [0.15, 0.2) is 0 Å². The van der Waals surface area contributed by atoms with Gasteiger partial charge in [0.2, 0.25) is 0 Å². The van der Waals surface area contributed by atoms with Gasteiger partial charge in [0, 0.05) is 37.6 Å². The van der Waals surface area contributed by atoms with Gasteiger partial charge in [0.05, 0.1) is 12.4 Å².